The zero-order valence-electron chi connectivity index (χ0n) is 13.6. The molecule has 9 heteroatoms. The van der Waals surface area contributed by atoms with Crippen LogP contribution in [-0.2, 0) is 10.1 Å². The molecule has 8 nitrogen and oxygen atoms in total. The van der Waals surface area contributed by atoms with E-state index >= 15 is 0 Å². The normalized spacial score (nSPS) is 19.9. The standard InChI is InChI=1S/C10H8O3S.C6H15N3O2/c11-14(12,13)10-6-5-8-3-1-2-4-9(8)7-10;7-5-3-8-1-2-9(5)6(11)4-10/h1-7H,(H,11,12,13);5-6,8,10-11H,1-4,7H2. The Hall–Kier alpha value is -1.59. The molecule has 138 valence electrons. The van der Waals surface area contributed by atoms with Gasteiger partial charge in [-0.1, -0.05) is 30.3 Å². The molecule has 1 saturated heterocycles. The van der Waals surface area contributed by atoms with Gasteiger partial charge in [0, 0.05) is 19.6 Å². The number of aliphatic hydroxyl groups is 2. The summed E-state index contributed by atoms with van der Waals surface area (Å²) >= 11 is 0. The molecular formula is C16H23N3O5S. The molecule has 3 rings (SSSR count). The van der Waals surface area contributed by atoms with Crippen molar-refractivity contribution in [2.45, 2.75) is 17.3 Å². The summed E-state index contributed by atoms with van der Waals surface area (Å²) in [5.41, 5.74) is 5.65. The first-order valence-corrected chi connectivity index (χ1v) is 9.24. The number of rotatable bonds is 3. The van der Waals surface area contributed by atoms with Gasteiger partial charge in [0.05, 0.1) is 17.7 Å². The molecular weight excluding hydrogens is 346 g/mol. The van der Waals surface area contributed by atoms with Gasteiger partial charge < -0.3 is 21.3 Å². The van der Waals surface area contributed by atoms with Crippen molar-refractivity contribution >= 4 is 20.9 Å². The average Bonchev–Trinajstić information content (AvgIpc) is 2.61. The Kier molecular flexibility index (Phi) is 6.85. The summed E-state index contributed by atoms with van der Waals surface area (Å²) in [7, 11) is -4.09. The fourth-order valence-corrected chi connectivity index (χ4v) is 3.06. The van der Waals surface area contributed by atoms with Gasteiger partial charge in [-0.15, -0.1) is 0 Å². The van der Waals surface area contributed by atoms with Crippen molar-refractivity contribution in [2.24, 2.45) is 5.73 Å². The molecule has 0 amide bonds. The van der Waals surface area contributed by atoms with Crippen molar-refractivity contribution in [3.63, 3.8) is 0 Å². The van der Waals surface area contributed by atoms with E-state index in [1.807, 2.05) is 18.2 Å². The van der Waals surface area contributed by atoms with Crippen molar-refractivity contribution in [3.05, 3.63) is 42.5 Å². The van der Waals surface area contributed by atoms with Crippen LogP contribution in [0.2, 0.25) is 0 Å². The maximum Gasteiger partial charge on any atom is 0.294 e. The summed E-state index contributed by atoms with van der Waals surface area (Å²) in [5, 5.41) is 22.7. The molecule has 1 aliphatic rings. The van der Waals surface area contributed by atoms with Gasteiger partial charge in [-0.05, 0) is 22.9 Å². The van der Waals surface area contributed by atoms with Crippen LogP contribution < -0.4 is 11.1 Å². The molecule has 2 atom stereocenters. The van der Waals surface area contributed by atoms with E-state index in [2.05, 4.69) is 5.32 Å². The lowest BCUT2D eigenvalue weighted by Crippen LogP contribution is -2.59. The van der Waals surface area contributed by atoms with E-state index in [-0.39, 0.29) is 17.7 Å². The van der Waals surface area contributed by atoms with Crippen LogP contribution in [0.4, 0.5) is 0 Å². The smallest absolute Gasteiger partial charge is 0.294 e. The minimum absolute atomic E-state index is 0.0730. The van der Waals surface area contributed by atoms with Crippen LogP contribution in [0.25, 0.3) is 10.8 Å². The summed E-state index contributed by atoms with van der Waals surface area (Å²) in [5.74, 6) is 0. The third-order valence-corrected chi connectivity index (χ3v) is 4.74. The summed E-state index contributed by atoms with van der Waals surface area (Å²) in [6.45, 7) is 1.90. The molecule has 1 fully saturated rings. The monoisotopic (exact) mass is 369 g/mol. The zero-order valence-corrected chi connectivity index (χ0v) is 14.4. The topological polar surface area (TPSA) is 136 Å². The van der Waals surface area contributed by atoms with Crippen LogP contribution in [-0.4, -0.2) is 66.7 Å². The number of hydrogen-bond acceptors (Lipinski definition) is 7. The molecule has 0 saturated carbocycles. The highest BCUT2D eigenvalue weighted by atomic mass is 32.2. The molecule has 1 heterocycles. The number of nitrogens with one attached hydrogen (secondary N) is 1. The lowest BCUT2D eigenvalue weighted by atomic mass is 10.1. The Balaban J connectivity index is 0.000000186. The van der Waals surface area contributed by atoms with Gasteiger partial charge in [-0.25, -0.2) is 0 Å². The van der Waals surface area contributed by atoms with Gasteiger partial charge in [-0.2, -0.15) is 8.42 Å². The molecule has 0 bridgehead atoms. The number of fused-ring (bicyclic) bond motifs is 1. The van der Waals surface area contributed by atoms with Gasteiger partial charge in [0.15, 0.2) is 0 Å². The van der Waals surface area contributed by atoms with Crippen molar-refractivity contribution in [2.75, 3.05) is 26.2 Å². The zero-order chi connectivity index (χ0) is 18.4. The summed E-state index contributed by atoms with van der Waals surface area (Å²) in [6.07, 6.45) is -1.00. The molecule has 2 aromatic carbocycles. The van der Waals surface area contributed by atoms with Crippen LogP contribution in [0, 0.1) is 0 Å². The van der Waals surface area contributed by atoms with Crippen LogP contribution in [0.1, 0.15) is 0 Å². The molecule has 0 spiro atoms. The predicted molar refractivity (Wildman–Crippen MR) is 94.4 cm³/mol. The number of nitrogens with zero attached hydrogens (tertiary/aromatic N) is 1. The Morgan fingerprint density at radius 2 is 1.92 bits per heavy atom. The predicted octanol–water partition coefficient (Wildman–Crippen LogP) is -0.426. The molecule has 2 aromatic rings. The molecule has 1 aliphatic heterocycles. The number of benzene rings is 2. The summed E-state index contributed by atoms with van der Waals surface area (Å²) < 4.78 is 30.5. The van der Waals surface area contributed by atoms with Crippen molar-refractivity contribution in [3.8, 4) is 0 Å². The van der Waals surface area contributed by atoms with E-state index in [4.69, 9.17) is 15.4 Å². The Labute approximate surface area is 146 Å². The van der Waals surface area contributed by atoms with Gasteiger partial charge in [0.2, 0.25) is 0 Å². The van der Waals surface area contributed by atoms with E-state index in [1.165, 1.54) is 12.1 Å². The summed E-state index contributed by atoms with van der Waals surface area (Å²) in [6, 6.07) is 11.9. The number of piperazine rings is 1. The molecule has 6 N–H and O–H groups in total. The van der Waals surface area contributed by atoms with E-state index in [1.54, 1.807) is 17.0 Å². The fourth-order valence-electron chi connectivity index (χ4n) is 2.54. The van der Waals surface area contributed by atoms with Gasteiger partial charge in [0.25, 0.3) is 10.1 Å². The highest BCUT2D eigenvalue weighted by Crippen LogP contribution is 2.18. The average molecular weight is 369 g/mol. The third-order valence-electron chi connectivity index (χ3n) is 3.89. The number of aliphatic hydroxyl groups excluding tert-OH is 2. The van der Waals surface area contributed by atoms with Gasteiger partial charge in [0.1, 0.15) is 6.23 Å². The van der Waals surface area contributed by atoms with Crippen LogP contribution >= 0.6 is 0 Å². The van der Waals surface area contributed by atoms with Crippen molar-refractivity contribution in [1.82, 2.24) is 10.2 Å². The molecule has 25 heavy (non-hydrogen) atoms. The fraction of sp³-hybridized carbons (Fsp3) is 0.375. The van der Waals surface area contributed by atoms with Crippen LogP contribution in [0.3, 0.4) is 0 Å². The third kappa shape index (κ3) is 5.44. The minimum atomic E-state index is -4.09. The summed E-state index contributed by atoms with van der Waals surface area (Å²) in [4.78, 5) is 1.60. The lowest BCUT2D eigenvalue weighted by molar-refractivity contribution is -0.0634. The van der Waals surface area contributed by atoms with E-state index in [9.17, 15) is 13.5 Å². The maximum atomic E-state index is 10.8. The number of hydrogen-bond donors (Lipinski definition) is 5. The largest absolute Gasteiger partial charge is 0.392 e. The Morgan fingerprint density at radius 3 is 2.52 bits per heavy atom. The van der Waals surface area contributed by atoms with Crippen molar-refractivity contribution < 1.29 is 23.2 Å². The van der Waals surface area contributed by atoms with Crippen LogP contribution in [0.5, 0.6) is 0 Å². The van der Waals surface area contributed by atoms with E-state index < -0.39 is 16.3 Å². The van der Waals surface area contributed by atoms with Crippen LogP contribution in [0.15, 0.2) is 47.4 Å². The Morgan fingerprint density at radius 1 is 1.24 bits per heavy atom. The first-order chi connectivity index (χ1) is 11.8. The molecule has 2 unspecified atom stereocenters. The molecule has 0 radical (unpaired) electrons. The highest BCUT2D eigenvalue weighted by Gasteiger charge is 2.23. The second-order valence-corrected chi connectivity index (χ2v) is 7.08. The second kappa shape index (κ2) is 8.68. The molecule has 0 aliphatic carbocycles. The minimum Gasteiger partial charge on any atom is -0.392 e. The Bertz CT molecular complexity index is 795. The first-order valence-electron chi connectivity index (χ1n) is 7.80. The first kappa shape index (κ1) is 19.7. The van der Waals surface area contributed by atoms with E-state index in [0.717, 1.165) is 17.3 Å². The maximum absolute atomic E-state index is 10.8. The quantitative estimate of drug-likeness (QED) is 0.460. The van der Waals surface area contributed by atoms with E-state index in [0.29, 0.717) is 13.1 Å². The van der Waals surface area contributed by atoms with Gasteiger partial charge in [-0.3, -0.25) is 9.45 Å². The highest BCUT2D eigenvalue weighted by molar-refractivity contribution is 7.85. The van der Waals surface area contributed by atoms with Gasteiger partial charge >= 0.3 is 0 Å². The van der Waals surface area contributed by atoms with Crippen molar-refractivity contribution in [1.29, 1.82) is 0 Å². The lowest BCUT2D eigenvalue weighted by Gasteiger charge is -2.36. The SMILES string of the molecule is NC1CNCCN1C(O)CO.O=S(=O)(O)c1ccc2ccccc2c1. The number of nitrogens with two attached hydrogens (primary N) is 1. The molecule has 0 aromatic heterocycles. The second-order valence-electron chi connectivity index (χ2n) is 5.66.